The van der Waals surface area contributed by atoms with E-state index in [1.54, 1.807) is 6.08 Å². The Morgan fingerprint density at radius 3 is 2.91 bits per heavy atom. The molecule has 2 unspecified atom stereocenters. The molecular weight excluding hydrogens is 417 g/mol. The van der Waals surface area contributed by atoms with Gasteiger partial charge in [0.25, 0.3) is 0 Å². The molecule has 0 saturated carbocycles. The van der Waals surface area contributed by atoms with Crippen molar-refractivity contribution in [1.82, 2.24) is 25.1 Å². The van der Waals surface area contributed by atoms with Crippen LogP contribution in [0.4, 0.5) is 4.39 Å². The lowest BCUT2D eigenvalue weighted by molar-refractivity contribution is 0.236. The first-order chi connectivity index (χ1) is 15.9. The molecule has 7 heteroatoms. The highest BCUT2D eigenvalue weighted by molar-refractivity contribution is 5.71. The monoisotopic (exact) mass is 451 g/mol. The van der Waals surface area contributed by atoms with Crippen LogP contribution < -0.4 is 0 Å². The Balaban J connectivity index is 1.33. The number of halogens is 1. The SMILES string of the molecule is CCC1=CC(O)=C(F)CC1C1C=Cc2c(-c3nc4c([nH]3)CN(CCC(C)C)CC4)n[nH]c2C1. The molecule has 1 aliphatic heterocycles. The molecule has 176 valence electrons. The maximum Gasteiger partial charge on any atom is 0.159 e. The number of allylic oxidation sites excluding steroid dienone is 4. The van der Waals surface area contributed by atoms with E-state index in [1.807, 2.05) is 0 Å². The summed E-state index contributed by atoms with van der Waals surface area (Å²) in [5, 5.41) is 17.6. The van der Waals surface area contributed by atoms with Crippen LogP contribution in [-0.4, -0.2) is 43.3 Å². The van der Waals surface area contributed by atoms with Crippen molar-refractivity contribution >= 4 is 6.08 Å². The van der Waals surface area contributed by atoms with E-state index < -0.39 is 5.83 Å². The molecule has 0 radical (unpaired) electrons. The number of aliphatic hydroxyl groups excluding tert-OH is 1. The van der Waals surface area contributed by atoms with Gasteiger partial charge in [-0.2, -0.15) is 5.10 Å². The van der Waals surface area contributed by atoms with Crippen LogP contribution in [0, 0.1) is 17.8 Å². The Hall–Kier alpha value is -2.67. The van der Waals surface area contributed by atoms with Gasteiger partial charge in [-0.3, -0.25) is 10.00 Å². The molecular formula is C26H34FN5O. The van der Waals surface area contributed by atoms with Crippen molar-refractivity contribution in [3.05, 3.63) is 52.0 Å². The van der Waals surface area contributed by atoms with Gasteiger partial charge in [0, 0.05) is 37.2 Å². The van der Waals surface area contributed by atoms with E-state index >= 15 is 0 Å². The highest BCUT2D eigenvalue weighted by Gasteiger charge is 2.32. The Morgan fingerprint density at radius 2 is 2.12 bits per heavy atom. The van der Waals surface area contributed by atoms with E-state index in [0.717, 1.165) is 72.9 Å². The molecule has 2 aromatic heterocycles. The third-order valence-corrected chi connectivity index (χ3v) is 7.39. The summed E-state index contributed by atoms with van der Waals surface area (Å²) in [6, 6.07) is 0. The van der Waals surface area contributed by atoms with Crippen LogP contribution in [0.5, 0.6) is 0 Å². The van der Waals surface area contributed by atoms with Crippen LogP contribution in [0.25, 0.3) is 17.6 Å². The zero-order valence-corrected chi connectivity index (χ0v) is 19.8. The van der Waals surface area contributed by atoms with E-state index in [2.05, 4.69) is 53.0 Å². The normalized spacial score (nSPS) is 23.1. The number of aliphatic hydroxyl groups is 1. The summed E-state index contributed by atoms with van der Waals surface area (Å²) < 4.78 is 14.2. The number of H-pyrrole nitrogens is 2. The predicted octanol–water partition coefficient (Wildman–Crippen LogP) is 5.48. The van der Waals surface area contributed by atoms with Crippen LogP contribution in [0.15, 0.2) is 29.3 Å². The number of nitrogens with one attached hydrogen (secondary N) is 2. The second kappa shape index (κ2) is 8.93. The average Bonchev–Trinajstić information content (AvgIpc) is 3.42. The number of hydrogen-bond donors (Lipinski definition) is 3. The smallest absolute Gasteiger partial charge is 0.159 e. The molecule has 2 aromatic rings. The molecule has 3 N–H and O–H groups in total. The van der Waals surface area contributed by atoms with Gasteiger partial charge >= 0.3 is 0 Å². The standard InChI is InChI=1S/C26H34FN5O/c1-4-16-12-24(33)20(27)13-19(16)17-5-6-18-22(11-17)30-31-25(18)26-28-21-8-10-32(9-7-15(2)3)14-23(21)29-26/h5-6,12,15,17,19,33H,4,7-11,13-14H2,1-3H3,(H,28,29)(H,30,31). The molecule has 2 atom stereocenters. The summed E-state index contributed by atoms with van der Waals surface area (Å²) in [6.07, 6.45) is 9.93. The number of rotatable bonds is 6. The first-order valence-corrected chi connectivity index (χ1v) is 12.3. The Bertz CT molecular complexity index is 1120. The van der Waals surface area contributed by atoms with E-state index in [9.17, 15) is 9.50 Å². The molecule has 0 bridgehead atoms. The predicted molar refractivity (Wildman–Crippen MR) is 128 cm³/mol. The number of aromatic amines is 2. The first-order valence-electron chi connectivity index (χ1n) is 12.3. The zero-order valence-electron chi connectivity index (χ0n) is 19.8. The van der Waals surface area contributed by atoms with E-state index in [-0.39, 0.29) is 24.0 Å². The van der Waals surface area contributed by atoms with Gasteiger partial charge in [0.05, 0.1) is 11.4 Å². The summed E-state index contributed by atoms with van der Waals surface area (Å²) in [4.78, 5) is 10.9. The largest absolute Gasteiger partial charge is 0.505 e. The molecule has 0 spiro atoms. The molecule has 0 aromatic carbocycles. The summed E-state index contributed by atoms with van der Waals surface area (Å²) >= 11 is 0. The number of aromatic nitrogens is 4. The van der Waals surface area contributed by atoms with Crippen LogP contribution in [0.2, 0.25) is 0 Å². The van der Waals surface area contributed by atoms with Gasteiger partial charge in [0.15, 0.2) is 5.82 Å². The van der Waals surface area contributed by atoms with Crippen molar-refractivity contribution in [2.45, 2.75) is 59.4 Å². The molecule has 3 heterocycles. The fraction of sp³-hybridized carbons (Fsp3) is 0.538. The van der Waals surface area contributed by atoms with Crippen LogP contribution in [0.3, 0.4) is 0 Å². The topological polar surface area (TPSA) is 80.8 Å². The molecule has 0 saturated heterocycles. The Morgan fingerprint density at radius 1 is 1.27 bits per heavy atom. The van der Waals surface area contributed by atoms with Crippen LogP contribution in [0.1, 0.15) is 62.7 Å². The molecule has 5 rings (SSSR count). The fourth-order valence-electron chi connectivity index (χ4n) is 5.38. The lowest BCUT2D eigenvalue weighted by Crippen LogP contribution is -2.31. The number of hydrogen-bond acceptors (Lipinski definition) is 4. The van der Waals surface area contributed by atoms with Crippen molar-refractivity contribution in [3.63, 3.8) is 0 Å². The molecule has 6 nitrogen and oxygen atoms in total. The fourth-order valence-corrected chi connectivity index (χ4v) is 5.38. The van der Waals surface area contributed by atoms with Gasteiger partial charge in [0.2, 0.25) is 0 Å². The van der Waals surface area contributed by atoms with Crippen molar-refractivity contribution in [2.24, 2.45) is 17.8 Å². The number of nitrogens with zero attached hydrogens (tertiary/aromatic N) is 3. The summed E-state index contributed by atoms with van der Waals surface area (Å²) in [6.45, 7) is 9.69. The van der Waals surface area contributed by atoms with Crippen molar-refractivity contribution < 1.29 is 9.50 Å². The average molecular weight is 452 g/mol. The minimum atomic E-state index is -0.412. The molecule has 0 fully saturated rings. The van der Waals surface area contributed by atoms with Gasteiger partial charge in [-0.05, 0) is 49.6 Å². The van der Waals surface area contributed by atoms with Gasteiger partial charge in [-0.25, -0.2) is 9.37 Å². The minimum absolute atomic E-state index is 0.0646. The van der Waals surface area contributed by atoms with Gasteiger partial charge in [-0.15, -0.1) is 0 Å². The van der Waals surface area contributed by atoms with Crippen molar-refractivity contribution in [2.75, 3.05) is 13.1 Å². The second-order valence-corrected chi connectivity index (χ2v) is 10.1. The number of imidazole rings is 1. The van der Waals surface area contributed by atoms with E-state index in [4.69, 9.17) is 4.98 Å². The highest BCUT2D eigenvalue weighted by atomic mass is 19.1. The first kappa shape index (κ1) is 22.1. The molecule has 0 amide bonds. The Kier molecular flexibility index (Phi) is 5.99. The van der Waals surface area contributed by atoms with Crippen LogP contribution in [-0.2, 0) is 19.4 Å². The van der Waals surface area contributed by atoms with Crippen LogP contribution >= 0.6 is 0 Å². The summed E-state index contributed by atoms with van der Waals surface area (Å²) in [5.74, 6) is 1.16. The Labute approximate surface area is 194 Å². The van der Waals surface area contributed by atoms with E-state index in [0.29, 0.717) is 5.92 Å². The third kappa shape index (κ3) is 4.31. The van der Waals surface area contributed by atoms with Gasteiger partial charge in [0.1, 0.15) is 17.3 Å². The second-order valence-electron chi connectivity index (χ2n) is 10.1. The molecule has 33 heavy (non-hydrogen) atoms. The lowest BCUT2D eigenvalue weighted by Gasteiger charge is -2.30. The summed E-state index contributed by atoms with van der Waals surface area (Å²) in [7, 11) is 0. The maximum atomic E-state index is 14.2. The van der Waals surface area contributed by atoms with E-state index in [1.165, 1.54) is 12.1 Å². The third-order valence-electron chi connectivity index (χ3n) is 7.39. The lowest BCUT2D eigenvalue weighted by atomic mass is 9.75. The zero-order chi connectivity index (χ0) is 23.1. The molecule has 3 aliphatic rings. The minimum Gasteiger partial charge on any atom is -0.505 e. The van der Waals surface area contributed by atoms with Gasteiger partial charge < -0.3 is 10.1 Å². The van der Waals surface area contributed by atoms with Gasteiger partial charge in [-0.1, -0.05) is 38.5 Å². The van der Waals surface area contributed by atoms with Crippen molar-refractivity contribution in [3.8, 4) is 11.5 Å². The summed E-state index contributed by atoms with van der Waals surface area (Å²) in [5.41, 5.74) is 6.47. The maximum absolute atomic E-state index is 14.2. The molecule has 2 aliphatic carbocycles. The highest BCUT2D eigenvalue weighted by Crippen LogP contribution is 2.41. The number of fused-ring (bicyclic) bond motifs is 2. The van der Waals surface area contributed by atoms with Crippen molar-refractivity contribution in [1.29, 1.82) is 0 Å². The quantitative estimate of drug-likeness (QED) is 0.543.